The molecule has 0 unspecified atom stereocenters. The maximum atomic E-state index is 6.32. The summed E-state index contributed by atoms with van der Waals surface area (Å²) in [6.07, 6.45) is 0. The number of hydrogen-bond acceptors (Lipinski definition) is 2. The summed E-state index contributed by atoms with van der Waals surface area (Å²) in [6.45, 7) is 3.17. The van der Waals surface area contributed by atoms with Crippen LogP contribution in [0.1, 0.15) is 29.7 Å². The van der Waals surface area contributed by atoms with Crippen molar-refractivity contribution >= 4 is 34.0 Å². The fourth-order valence-electron chi connectivity index (χ4n) is 3.57. The highest BCUT2D eigenvalue weighted by Gasteiger charge is 2.13. The molecular formula is C26H23Cl2NO. The Kier molecular flexibility index (Phi) is 6.59. The minimum Gasteiger partial charge on any atom is -0.488 e. The van der Waals surface area contributed by atoms with Gasteiger partial charge in [-0.15, -0.1) is 0 Å². The van der Waals surface area contributed by atoms with Crippen LogP contribution in [0, 0.1) is 0 Å². The van der Waals surface area contributed by atoms with Gasteiger partial charge in [0, 0.05) is 33.8 Å². The molecule has 0 aliphatic rings. The summed E-state index contributed by atoms with van der Waals surface area (Å²) in [5, 5.41) is 7.22. The Labute approximate surface area is 187 Å². The van der Waals surface area contributed by atoms with Gasteiger partial charge in [-0.3, -0.25) is 0 Å². The van der Waals surface area contributed by atoms with Crippen LogP contribution in [0.2, 0.25) is 10.0 Å². The zero-order chi connectivity index (χ0) is 20.9. The fraction of sp³-hybridized carbons (Fsp3) is 0.154. The van der Waals surface area contributed by atoms with Crippen LogP contribution < -0.4 is 10.1 Å². The molecule has 1 atom stereocenters. The molecule has 4 aromatic carbocycles. The van der Waals surface area contributed by atoms with Gasteiger partial charge in [0.25, 0.3) is 0 Å². The summed E-state index contributed by atoms with van der Waals surface area (Å²) in [4.78, 5) is 0. The van der Waals surface area contributed by atoms with Crippen LogP contribution in [0.5, 0.6) is 5.75 Å². The van der Waals surface area contributed by atoms with Gasteiger partial charge in [-0.25, -0.2) is 0 Å². The molecule has 4 rings (SSSR count). The second-order valence-electron chi connectivity index (χ2n) is 7.27. The van der Waals surface area contributed by atoms with Gasteiger partial charge < -0.3 is 10.1 Å². The van der Waals surface area contributed by atoms with E-state index < -0.39 is 0 Å². The lowest BCUT2D eigenvalue weighted by Gasteiger charge is -2.19. The average molecular weight is 436 g/mol. The summed E-state index contributed by atoms with van der Waals surface area (Å²) in [5.74, 6) is 0.831. The zero-order valence-electron chi connectivity index (χ0n) is 16.7. The molecule has 2 nitrogen and oxygen atoms in total. The maximum Gasteiger partial charge on any atom is 0.124 e. The van der Waals surface area contributed by atoms with Crippen LogP contribution in [0.4, 0.5) is 0 Å². The van der Waals surface area contributed by atoms with E-state index in [9.17, 15) is 0 Å². The molecule has 0 saturated heterocycles. The minimum absolute atomic E-state index is 0.219. The summed E-state index contributed by atoms with van der Waals surface area (Å²) >= 11 is 12.6. The highest BCUT2D eigenvalue weighted by Crippen LogP contribution is 2.31. The predicted octanol–water partition coefficient (Wildman–Crippen LogP) is 7.58. The highest BCUT2D eigenvalue weighted by atomic mass is 35.5. The van der Waals surface area contributed by atoms with Crippen LogP contribution in [0.25, 0.3) is 10.8 Å². The smallest absolute Gasteiger partial charge is 0.124 e. The van der Waals surface area contributed by atoms with Crippen molar-refractivity contribution in [3.05, 3.63) is 112 Å². The van der Waals surface area contributed by atoms with Crippen molar-refractivity contribution in [1.82, 2.24) is 5.32 Å². The third-order valence-corrected chi connectivity index (χ3v) is 6.02. The highest BCUT2D eigenvalue weighted by molar-refractivity contribution is 6.35. The molecule has 0 aliphatic carbocycles. The first kappa shape index (κ1) is 20.7. The predicted molar refractivity (Wildman–Crippen MR) is 126 cm³/mol. The Morgan fingerprint density at radius 1 is 0.767 bits per heavy atom. The van der Waals surface area contributed by atoms with Crippen molar-refractivity contribution in [3.8, 4) is 5.75 Å². The normalized spacial score (nSPS) is 12.1. The summed E-state index contributed by atoms with van der Waals surface area (Å²) in [7, 11) is 0. The standard InChI is InChI=1S/C26H23Cl2NO/c1-18(19-8-3-2-4-9-19)29-16-22-21-11-6-5-10-20(21)14-15-26(22)30-17-23-24(27)12-7-13-25(23)28/h2-15,18,29H,16-17H2,1H3/t18-/m1/s1. The van der Waals surface area contributed by atoms with Crippen molar-refractivity contribution in [1.29, 1.82) is 0 Å². The first-order valence-corrected chi connectivity index (χ1v) is 10.7. The molecular weight excluding hydrogens is 413 g/mol. The Morgan fingerprint density at radius 3 is 2.23 bits per heavy atom. The molecule has 0 aromatic heterocycles. The monoisotopic (exact) mass is 435 g/mol. The second kappa shape index (κ2) is 9.53. The number of rotatable bonds is 7. The molecule has 0 aliphatic heterocycles. The van der Waals surface area contributed by atoms with Gasteiger partial charge >= 0.3 is 0 Å². The van der Waals surface area contributed by atoms with E-state index in [4.69, 9.17) is 27.9 Å². The molecule has 0 fully saturated rings. The number of benzene rings is 4. The average Bonchev–Trinajstić information content (AvgIpc) is 2.78. The Hall–Kier alpha value is -2.52. The van der Waals surface area contributed by atoms with E-state index in [0.29, 0.717) is 23.2 Å². The van der Waals surface area contributed by atoms with Gasteiger partial charge in [0.05, 0.1) is 0 Å². The number of ether oxygens (including phenoxy) is 1. The molecule has 0 saturated carbocycles. The number of fused-ring (bicyclic) bond motifs is 1. The summed E-state index contributed by atoms with van der Waals surface area (Å²) in [6, 6.07) is 28.6. The molecule has 4 heteroatoms. The quantitative estimate of drug-likeness (QED) is 0.323. The Bertz CT molecular complexity index is 1120. The van der Waals surface area contributed by atoms with Crippen molar-refractivity contribution < 1.29 is 4.74 Å². The van der Waals surface area contributed by atoms with E-state index in [0.717, 1.165) is 16.9 Å². The molecule has 30 heavy (non-hydrogen) atoms. The van der Waals surface area contributed by atoms with Gasteiger partial charge in [-0.1, -0.05) is 89.9 Å². The van der Waals surface area contributed by atoms with Crippen molar-refractivity contribution in [2.24, 2.45) is 0 Å². The molecule has 0 bridgehead atoms. The summed E-state index contributed by atoms with van der Waals surface area (Å²) in [5.41, 5.74) is 3.17. The van der Waals surface area contributed by atoms with Crippen molar-refractivity contribution in [2.45, 2.75) is 26.1 Å². The third-order valence-electron chi connectivity index (χ3n) is 5.32. The molecule has 4 aromatic rings. The van der Waals surface area contributed by atoms with Crippen molar-refractivity contribution in [2.75, 3.05) is 0 Å². The van der Waals surface area contributed by atoms with Gasteiger partial charge in [0.2, 0.25) is 0 Å². The maximum absolute atomic E-state index is 6.32. The van der Waals surface area contributed by atoms with E-state index >= 15 is 0 Å². The van der Waals surface area contributed by atoms with E-state index in [1.807, 2.05) is 30.3 Å². The second-order valence-corrected chi connectivity index (χ2v) is 8.08. The fourth-order valence-corrected chi connectivity index (χ4v) is 4.07. The van der Waals surface area contributed by atoms with Crippen LogP contribution in [0.3, 0.4) is 0 Å². The lowest BCUT2D eigenvalue weighted by molar-refractivity contribution is 0.302. The topological polar surface area (TPSA) is 21.3 Å². The van der Waals surface area contributed by atoms with Crippen molar-refractivity contribution in [3.63, 3.8) is 0 Å². The lowest BCUT2D eigenvalue weighted by Crippen LogP contribution is -2.18. The van der Waals surface area contributed by atoms with Crippen LogP contribution >= 0.6 is 23.2 Å². The van der Waals surface area contributed by atoms with Gasteiger partial charge in [0.1, 0.15) is 12.4 Å². The third kappa shape index (κ3) is 4.62. The van der Waals surface area contributed by atoms with E-state index in [1.165, 1.54) is 16.3 Å². The number of hydrogen-bond donors (Lipinski definition) is 1. The molecule has 0 radical (unpaired) electrons. The van der Waals surface area contributed by atoms with E-state index in [2.05, 4.69) is 66.8 Å². The van der Waals surface area contributed by atoms with Gasteiger partial charge in [-0.2, -0.15) is 0 Å². The summed E-state index contributed by atoms with van der Waals surface area (Å²) < 4.78 is 6.22. The SMILES string of the molecule is C[C@@H](NCc1c(OCc2c(Cl)cccc2Cl)ccc2ccccc12)c1ccccc1. The number of nitrogens with one attached hydrogen (secondary N) is 1. The van der Waals surface area contributed by atoms with Crippen LogP contribution in [-0.4, -0.2) is 0 Å². The lowest BCUT2D eigenvalue weighted by atomic mass is 10.0. The zero-order valence-corrected chi connectivity index (χ0v) is 18.3. The van der Waals surface area contributed by atoms with Crippen LogP contribution in [0.15, 0.2) is 84.9 Å². The molecule has 152 valence electrons. The van der Waals surface area contributed by atoms with E-state index in [1.54, 1.807) is 0 Å². The largest absolute Gasteiger partial charge is 0.488 e. The van der Waals surface area contributed by atoms with Gasteiger partial charge in [0.15, 0.2) is 0 Å². The molecule has 0 amide bonds. The first-order valence-electron chi connectivity index (χ1n) is 9.98. The Morgan fingerprint density at radius 2 is 1.47 bits per heavy atom. The molecule has 0 spiro atoms. The first-order chi connectivity index (χ1) is 14.6. The molecule has 0 heterocycles. The molecule has 1 N–H and O–H groups in total. The Balaban J connectivity index is 1.61. The van der Waals surface area contributed by atoms with E-state index in [-0.39, 0.29) is 6.04 Å². The van der Waals surface area contributed by atoms with Gasteiger partial charge in [-0.05, 0) is 41.5 Å². The minimum atomic E-state index is 0.219. The number of halogens is 2. The van der Waals surface area contributed by atoms with Crippen LogP contribution in [-0.2, 0) is 13.2 Å².